The zero-order chi connectivity index (χ0) is 54.2. The number of hydrogen-bond donors (Lipinski definition) is 3. The van der Waals surface area contributed by atoms with Crippen LogP contribution >= 0.6 is 7.82 Å². The molecule has 0 heterocycles. The number of aliphatic hydroxyl groups is 1. The van der Waals surface area contributed by atoms with Gasteiger partial charge >= 0.3 is 7.82 Å². The predicted octanol–water partition coefficient (Wildman–Crippen LogP) is 19.9. The van der Waals surface area contributed by atoms with E-state index in [1.165, 1.54) is 244 Å². The van der Waals surface area contributed by atoms with Gasteiger partial charge in [-0.25, -0.2) is 4.57 Å². The molecule has 74 heavy (non-hydrogen) atoms. The molecule has 0 rings (SSSR count). The van der Waals surface area contributed by atoms with Crippen LogP contribution in [-0.2, 0) is 18.4 Å². The van der Waals surface area contributed by atoms with Crippen molar-refractivity contribution in [1.82, 2.24) is 5.32 Å². The molecule has 0 aromatic rings. The molecule has 0 bridgehead atoms. The first-order valence-electron chi connectivity index (χ1n) is 32.0. The van der Waals surface area contributed by atoms with Gasteiger partial charge in [0.1, 0.15) is 13.2 Å². The average molecular weight is 1060 g/mol. The quantitative estimate of drug-likeness (QED) is 0.0243. The number of unbranched alkanes of at least 4 members (excludes halogenated alkanes) is 40. The minimum atomic E-state index is -4.35. The fourth-order valence-electron chi connectivity index (χ4n) is 9.50. The summed E-state index contributed by atoms with van der Waals surface area (Å²) in [5.41, 5.74) is 0. The maximum absolute atomic E-state index is 13.0. The number of rotatable bonds is 59. The standard InChI is InChI=1S/C65H125N2O6P/c1-6-8-10-12-14-16-18-20-21-22-23-24-25-26-27-28-29-30-31-32-33-34-35-36-37-38-39-40-41-42-43-44-45-47-49-51-53-55-57-59-65(69)66-63(62-73-74(70,71)72-61-60-67(3,4)5)64(68)58-56-54-52-50-48-46-19-17-15-13-11-9-7-2/h29-30,32-33,48,50,56,58,63-64,68H,6-28,31,34-47,49,51-55,57,59-62H2,1-5H3,(H-,66,69,70,71)/p+1/b30-29-,33-32-,50-48+,58-56+. The number of carbonyl (C=O) groups excluding carboxylic acids is 1. The molecule has 0 fully saturated rings. The molecule has 3 unspecified atom stereocenters. The monoisotopic (exact) mass is 1060 g/mol. The second-order valence-corrected chi connectivity index (χ2v) is 24.6. The van der Waals surface area contributed by atoms with Crippen molar-refractivity contribution in [2.45, 2.75) is 321 Å². The molecule has 9 heteroatoms. The number of hydrogen-bond acceptors (Lipinski definition) is 5. The van der Waals surface area contributed by atoms with E-state index >= 15 is 0 Å². The summed E-state index contributed by atoms with van der Waals surface area (Å²) in [7, 11) is 1.56. The van der Waals surface area contributed by atoms with Gasteiger partial charge in [-0.15, -0.1) is 0 Å². The Morgan fingerprint density at radius 2 is 0.784 bits per heavy atom. The highest BCUT2D eigenvalue weighted by Crippen LogP contribution is 2.43. The normalized spacial score (nSPS) is 14.1. The van der Waals surface area contributed by atoms with Gasteiger partial charge in [-0.05, 0) is 64.2 Å². The minimum Gasteiger partial charge on any atom is -0.387 e. The van der Waals surface area contributed by atoms with E-state index < -0.39 is 20.0 Å². The first-order chi connectivity index (χ1) is 36.0. The average Bonchev–Trinajstić information content (AvgIpc) is 3.36. The van der Waals surface area contributed by atoms with Crippen LogP contribution in [0.25, 0.3) is 0 Å². The summed E-state index contributed by atoms with van der Waals surface area (Å²) in [4.78, 5) is 23.3. The molecule has 0 aliphatic rings. The predicted molar refractivity (Wildman–Crippen MR) is 323 cm³/mol. The molecule has 8 nitrogen and oxygen atoms in total. The third kappa shape index (κ3) is 58.1. The summed E-state index contributed by atoms with van der Waals surface area (Å²) in [5, 5.41) is 13.9. The van der Waals surface area contributed by atoms with E-state index in [4.69, 9.17) is 9.05 Å². The van der Waals surface area contributed by atoms with Crippen LogP contribution in [0.2, 0.25) is 0 Å². The Labute approximate surface area is 460 Å². The molecule has 3 N–H and O–H groups in total. The molecule has 3 atom stereocenters. The summed E-state index contributed by atoms with van der Waals surface area (Å²) in [6.45, 7) is 4.81. The highest BCUT2D eigenvalue weighted by molar-refractivity contribution is 7.47. The molecule has 0 aliphatic heterocycles. The van der Waals surface area contributed by atoms with E-state index in [1.807, 2.05) is 27.2 Å². The second kappa shape index (κ2) is 56.2. The Morgan fingerprint density at radius 1 is 0.459 bits per heavy atom. The van der Waals surface area contributed by atoms with Gasteiger partial charge in [-0.3, -0.25) is 13.8 Å². The van der Waals surface area contributed by atoms with E-state index in [9.17, 15) is 19.4 Å². The van der Waals surface area contributed by atoms with E-state index in [0.717, 1.165) is 44.9 Å². The summed E-state index contributed by atoms with van der Waals surface area (Å²) < 4.78 is 23.7. The van der Waals surface area contributed by atoms with Gasteiger partial charge in [0.15, 0.2) is 0 Å². The molecule has 1 amide bonds. The molecule has 0 saturated carbocycles. The smallest absolute Gasteiger partial charge is 0.387 e. The number of likely N-dealkylation sites (N-methyl/N-ethyl adjacent to an activating group) is 1. The third-order valence-corrected chi connectivity index (χ3v) is 15.5. The fourth-order valence-corrected chi connectivity index (χ4v) is 10.2. The fraction of sp³-hybridized carbons (Fsp3) is 0.862. The van der Waals surface area contributed by atoms with Gasteiger partial charge in [-0.1, -0.05) is 287 Å². The van der Waals surface area contributed by atoms with Gasteiger partial charge in [0.05, 0.1) is 39.9 Å². The van der Waals surface area contributed by atoms with Crippen LogP contribution < -0.4 is 5.32 Å². The SMILES string of the molecule is CCCCCCCCC/C=C/CC/C=C/C(O)C(COP(=O)(O)OCC[N+](C)(C)C)NC(=O)CCCCCCCCCCCCCCCCCCC/C=C\C/C=C\CCCCCCCCCCCCCCCCC. The number of allylic oxidation sites excluding steroid dienone is 7. The van der Waals surface area contributed by atoms with Crippen molar-refractivity contribution in [3.05, 3.63) is 48.6 Å². The lowest BCUT2D eigenvalue weighted by atomic mass is 10.0. The highest BCUT2D eigenvalue weighted by atomic mass is 31.2. The Hall–Kier alpha value is -1.54. The molecular weight excluding hydrogens is 936 g/mol. The van der Waals surface area contributed by atoms with Crippen molar-refractivity contribution in [3.63, 3.8) is 0 Å². The summed E-state index contributed by atoms with van der Waals surface area (Å²) in [6, 6.07) is -0.863. The molecule has 0 radical (unpaired) electrons. The van der Waals surface area contributed by atoms with Crippen molar-refractivity contribution < 1.29 is 32.9 Å². The first kappa shape index (κ1) is 72.5. The Morgan fingerprint density at radius 3 is 1.16 bits per heavy atom. The lowest BCUT2D eigenvalue weighted by molar-refractivity contribution is -0.870. The van der Waals surface area contributed by atoms with E-state index in [2.05, 4.69) is 55.6 Å². The van der Waals surface area contributed by atoms with Gasteiger partial charge in [0, 0.05) is 6.42 Å². The van der Waals surface area contributed by atoms with Crippen molar-refractivity contribution in [2.24, 2.45) is 0 Å². The van der Waals surface area contributed by atoms with Crippen LogP contribution in [0.1, 0.15) is 309 Å². The van der Waals surface area contributed by atoms with Gasteiger partial charge < -0.3 is 19.8 Å². The highest BCUT2D eigenvalue weighted by Gasteiger charge is 2.27. The van der Waals surface area contributed by atoms with E-state index in [1.54, 1.807) is 6.08 Å². The number of nitrogens with zero attached hydrogens (tertiary/aromatic N) is 1. The van der Waals surface area contributed by atoms with E-state index in [-0.39, 0.29) is 19.1 Å². The summed E-state index contributed by atoms with van der Waals surface area (Å²) >= 11 is 0. The van der Waals surface area contributed by atoms with Crippen LogP contribution in [0.3, 0.4) is 0 Å². The zero-order valence-corrected chi connectivity index (χ0v) is 50.7. The lowest BCUT2D eigenvalue weighted by Gasteiger charge is -2.25. The van der Waals surface area contributed by atoms with Crippen molar-refractivity contribution >= 4 is 13.7 Å². The zero-order valence-electron chi connectivity index (χ0n) is 49.8. The molecule has 0 saturated heterocycles. The number of quaternary nitrogens is 1. The Kier molecular flexibility index (Phi) is 55.0. The van der Waals surface area contributed by atoms with Gasteiger partial charge in [0.2, 0.25) is 5.91 Å². The van der Waals surface area contributed by atoms with E-state index in [0.29, 0.717) is 17.4 Å². The van der Waals surface area contributed by atoms with Crippen molar-refractivity contribution in [3.8, 4) is 0 Å². The van der Waals surface area contributed by atoms with Gasteiger partial charge in [-0.2, -0.15) is 0 Å². The maximum Gasteiger partial charge on any atom is 0.472 e. The van der Waals surface area contributed by atoms with Crippen LogP contribution in [-0.4, -0.2) is 73.4 Å². The molecule has 0 spiro atoms. The number of amides is 1. The summed E-state index contributed by atoms with van der Waals surface area (Å²) in [6.07, 6.45) is 75.5. The third-order valence-electron chi connectivity index (χ3n) is 14.5. The first-order valence-corrected chi connectivity index (χ1v) is 33.5. The second-order valence-electron chi connectivity index (χ2n) is 23.1. The van der Waals surface area contributed by atoms with Crippen LogP contribution in [0, 0.1) is 0 Å². The Bertz CT molecular complexity index is 1340. The minimum absolute atomic E-state index is 0.0563. The van der Waals surface area contributed by atoms with Crippen molar-refractivity contribution in [2.75, 3.05) is 40.9 Å². The largest absolute Gasteiger partial charge is 0.472 e. The topological polar surface area (TPSA) is 105 Å². The number of nitrogens with one attached hydrogen (secondary N) is 1. The molecular formula is C65H126N2O6P+. The molecule has 0 aliphatic carbocycles. The number of phosphoric acid groups is 1. The molecule has 0 aromatic heterocycles. The molecule has 0 aromatic carbocycles. The Balaban J connectivity index is 3.91. The van der Waals surface area contributed by atoms with Crippen molar-refractivity contribution in [1.29, 1.82) is 0 Å². The summed E-state index contributed by atoms with van der Waals surface area (Å²) in [5.74, 6) is -0.185. The van der Waals surface area contributed by atoms with Crippen LogP contribution in [0.5, 0.6) is 0 Å². The number of carbonyl (C=O) groups is 1. The molecule has 436 valence electrons. The van der Waals surface area contributed by atoms with Gasteiger partial charge in [0.25, 0.3) is 0 Å². The maximum atomic E-state index is 13.0. The van der Waals surface area contributed by atoms with Crippen LogP contribution in [0.4, 0.5) is 0 Å². The van der Waals surface area contributed by atoms with Crippen LogP contribution in [0.15, 0.2) is 48.6 Å². The lowest BCUT2D eigenvalue weighted by Crippen LogP contribution is -2.45. The number of phosphoric ester groups is 1. The number of aliphatic hydroxyl groups excluding tert-OH is 1.